The van der Waals surface area contributed by atoms with Gasteiger partial charge in [0, 0.05) is 22.3 Å². The van der Waals surface area contributed by atoms with Crippen LogP contribution in [0, 0.1) is 0 Å². The summed E-state index contributed by atoms with van der Waals surface area (Å²) in [6, 6.07) is 10.2. The Morgan fingerprint density at radius 1 is 1.38 bits per heavy atom. The van der Waals surface area contributed by atoms with Crippen molar-refractivity contribution in [2.45, 2.75) is 31.2 Å². The average Bonchev–Trinajstić information content (AvgIpc) is 2.52. The Morgan fingerprint density at radius 3 is 3.00 bits per heavy atom. The molecule has 110 valence electrons. The summed E-state index contributed by atoms with van der Waals surface area (Å²) >= 11 is 9.57. The molecule has 0 radical (unpaired) electrons. The maximum Gasteiger partial charge on any atom is 0.0548 e. The highest BCUT2D eigenvalue weighted by atomic mass is 79.9. The number of rotatable bonds is 3. The van der Waals surface area contributed by atoms with Crippen molar-refractivity contribution in [3.63, 3.8) is 0 Å². The second-order valence-electron chi connectivity index (χ2n) is 5.36. The maximum atomic E-state index is 6.08. The van der Waals surface area contributed by atoms with E-state index < -0.39 is 0 Å². The zero-order valence-electron chi connectivity index (χ0n) is 11.5. The Morgan fingerprint density at radius 2 is 2.24 bits per heavy atom. The summed E-state index contributed by atoms with van der Waals surface area (Å²) in [5.74, 6) is 6.14. The predicted octanol–water partition coefficient (Wildman–Crippen LogP) is 4.12. The molecule has 5 heteroatoms. The summed E-state index contributed by atoms with van der Waals surface area (Å²) in [6.07, 6.45) is 5.21. The SMILES string of the molecule is NNC(c1ccc(Cl)c(Br)c1)C1CCCc2cccnc21. The number of aryl methyl sites for hydroxylation is 1. The molecule has 0 fully saturated rings. The van der Waals surface area contributed by atoms with Gasteiger partial charge in [0.15, 0.2) is 0 Å². The van der Waals surface area contributed by atoms with Gasteiger partial charge >= 0.3 is 0 Å². The van der Waals surface area contributed by atoms with Gasteiger partial charge in [-0.05, 0) is 64.5 Å². The molecule has 2 atom stereocenters. The highest BCUT2D eigenvalue weighted by Crippen LogP contribution is 2.39. The summed E-state index contributed by atoms with van der Waals surface area (Å²) in [6.45, 7) is 0. The molecule has 1 aromatic heterocycles. The fourth-order valence-electron chi connectivity index (χ4n) is 3.12. The molecule has 3 nitrogen and oxygen atoms in total. The number of benzene rings is 1. The number of nitrogens with one attached hydrogen (secondary N) is 1. The van der Waals surface area contributed by atoms with E-state index in [4.69, 9.17) is 17.4 Å². The van der Waals surface area contributed by atoms with Gasteiger partial charge in [-0.15, -0.1) is 0 Å². The Bertz CT molecular complexity index is 647. The first-order chi connectivity index (χ1) is 10.2. The molecule has 0 saturated carbocycles. The molecule has 1 heterocycles. The molecule has 3 rings (SSSR count). The van der Waals surface area contributed by atoms with E-state index in [9.17, 15) is 0 Å². The van der Waals surface area contributed by atoms with Crippen LogP contribution in [0.4, 0.5) is 0 Å². The number of pyridine rings is 1. The van der Waals surface area contributed by atoms with Crippen molar-refractivity contribution in [2.24, 2.45) is 5.84 Å². The quantitative estimate of drug-likeness (QED) is 0.634. The van der Waals surface area contributed by atoms with Crippen LogP contribution < -0.4 is 11.3 Å². The molecule has 1 aromatic carbocycles. The number of aromatic nitrogens is 1. The first kappa shape index (κ1) is 15.0. The van der Waals surface area contributed by atoms with Gasteiger partial charge in [0.1, 0.15) is 0 Å². The van der Waals surface area contributed by atoms with Crippen LogP contribution in [-0.4, -0.2) is 4.98 Å². The first-order valence-corrected chi connectivity index (χ1v) is 8.22. The Labute approximate surface area is 138 Å². The van der Waals surface area contributed by atoms with E-state index in [0.717, 1.165) is 35.0 Å². The van der Waals surface area contributed by atoms with E-state index in [0.29, 0.717) is 5.02 Å². The number of hydrogen-bond acceptors (Lipinski definition) is 3. The second kappa shape index (κ2) is 6.44. The van der Waals surface area contributed by atoms with Gasteiger partial charge in [0.25, 0.3) is 0 Å². The fraction of sp³-hybridized carbons (Fsp3) is 0.312. The van der Waals surface area contributed by atoms with E-state index in [1.54, 1.807) is 0 Å². The van der Waals surface area contributed by atoms with Gasteiger partial charge in [-0.25, -0.2) is 0 Å². The summed E-state index contributed by atoms with van der Waals surface area (Å²) in [4.78, 5) is 4.60. The summed E-state index contributed by atoms with van der Waals surface area (Å²) in [5.41, 5.74) is 6.59. The van der Waals surface area contributed by atoms with E-state index in [1.165, 1.54) is 5.56 Å². The summed E-state index contributed by atoms with van der Waals surface area (Å²) < 4.78 is 0.888. The third-order valence-electron chi connectivity index (χ3n) is 4.12. The van der Waals surface area contributed by atoms with Gasteiger partial charge in [0.05, 0.1) is 11.1 Å². The smallest absolute Gasteiger partial charge is 0.0548 e. The lowest BCUT2D eigenvalue weighted by Crippen LogP contribution is -2.34. The molecular formula is C16H17BrClN3. The van der Waals surface area contributed by atoms with Crippen LogP contribution >= 0.6 is 27.5 Å². The van der Waals surface area contributed by atoms with Crippen molar-refractivity contribution in [3.8, 4) is 0 Å². The van der Waals surface area contributed by atoms with Crippen LogP contribution in [0.3, 0.4) is 0 Å². The van der Waals surface area contributed by atoms with Gasteiger partial charge in [-0.3, -0.25) is 16.3 Å². The van der Waals surface area contributed by atoms with Gasteiger partial charge < -0.3 is 0 Å². The summed E-state index contributed by atoms with van der Waals surface area (Å²) in [7, 11) is 0. The van der Waals surface area contributed by atoms with Gasteiger partial charge in [0.2, 0.25) is 0 Å². The van der Waals surface area contributed by atoms with E-state index in [2.05, 4.69) is 32.4 Å². The van der Waals surface area contributed by atoms with Crippen molar-refractivity contribution in [2.75, 3.05) is 0 Å². The minimum Gasteiger partial charge on any atom is -0.271 e. The molecule has 1 aliphatic carbocycles. The zero-order valence-corrected chi connectivity index (χ0v) is 13.9. The fourth-order valence-corrected chi connectivity index (χ4v) is 3.63. The van der Waals surface area contributed by atoms with E-state index >= 15 is 0 Å². The third-order valence-corrected chi connectivity index (χ3v) is 5.34. The van der Waals surface area contributed by atoms with Crippen LogP contribution in [0.2, 0.25) is 5.02 Å². The van der Waals surface area contributed by atoms with Gasteiger partial charge in [-0.1, -0.05) is 23.7 Å². The van der Waals surface area contributed by atoms with Crippen molar-refractivity contribution < 1.29 is 0 Å². The predicted molar refractivity (Wildman–Crippen MR) is 89.1 cm³/mol. The lowest BCUT2D eigenvalue weighted by molar-refractivity contribution is 0.400. The van der Waals surface area contributed by atoms with Crippen molar-refractivity contribution in [1.29, 1.82) is 0 Å². The highest BCUT2D eigenvalue weighted by Gasteiger charge is 2.29. The second-order valence-corrected chi connectivity index (χ2v) is 6.63. The summed E-state index contributed by atoms with van der Waals surface area (Å²) in [5, 5.41) is 0.705. The molecule has 1 aliphatic rings. The molecule has 0 spiro atoms. The number of fused-ring (bicyclic) bond motifs is 1. The van der Waals surface area contributed by atoms with Crippen molar-refractivity contribution in [1.82, 2.24) is 10.4 Å². The number of hydrazine groups is 1. The molecule has 2 aromatic rings. The topological polar surface area (TPSA) is 50.9 Å². The lowest BCUT2D eigenvalue weighted by atomic mass is 9.80. The van der Waals surface area contributed by atoms with Crippen LogP contribution in [0.5, 0.6) is 0 Å². The third kappa shape index (κ3) is 2.99. The molecule has 0 saturated heterocycles. The molecule has 0 aliphatic heterocycles. The van der Waals surface area contributed by atoms with Crippen LogP contribution in [0.15, 0.2) is 41.0 Å². The minimum absolute atomic E-state index is 0.0347. The Kier molecular flexibility index (Phi) is 4.60. The maximum absolute atomic E-state index is 6.08. The molecule has 2 unspecified atom stereocenters. The average molecular weight is 367 g/mol. The Hall–Kier alpha value is -0.940. The molecule has 0 bridgehead atoms. The standard InChI is InChI=1S/C16H17BrClN3/c17-13-9-11(6-7-14(13)18)16(21-19)12-5-1-3-10-4-2-8-20-15(10)12/h2,4,6-9,12,16,21H,1,3,5,19H2. The van der Waals surface area contributed by atoms with E-state index in [-0.39, 0.29) is 12.0 Å². The zero-order chi connectivity index (χ0) is 14.8. The number of hydrogen-bond donors (Lipinski definition) is 2. The van der Waals surface area contributed by atoms with Crippen LogP contribution in [0.25, 0.3) is 0 Å². The monoisotopic (exact) mass is 365 g/mol. The number of halogens is 2. The van der Waals surface area contributed by atoms with E-state index in [1.807, 2.05) is 30.5 Å². The molecule has 21 heavy (non-hydrogen) atoms. The number of nitrogens with zero attached hydrogens (tertiary/aromatic N) is 1. The molecule has 0 amide bonds. The molecule has 3 N–H and O–H groups in total. The van der Waals surface area contributed by atoms with Gasteiger partial charge in [-0.2, -0.15) is 0 Å². The highest BCUT2D eigenvalue weighted by molar-refractivity contribution is 9.10. The number of nitrogens with two attached hydrogens (primary N) is 1. The minimum atomic E-state index is 0.0347. The Balaban J connectivity index is 1.99. The lowest BCUT2D eigenvalue weighted by Gasteiger charge is -2.31. The normalized spacial score (nSPS) is 19.1. The first-order valence-electron chi connectivity index (χ1n) is 7.05. The largest absolute Gasteiger partial charge is 0.271 e. The van der Waals surface area contributed by atoms with Crippen LogP contribution in [0.1, 0.15) is 41.6 Å². The van der Waals surface area contributed by atoms with Crippen LogP contribution in [-0.2, 0) is 6.42 Å². The van der Waals surface area contributed by atoms with Crippen molar-refractivity contribution in [3.05, 3.63) is 62.8 Å². The van der Waals surface area contributed by atoms with Crippen molar-refractivity contribution >= 4 is 27.5 Å². The molecular weight excluding hydrogens is 350 g/mol.